The highest BCUT2D eigenvalue weighted by Crippen LogP contribution is 2.07. The van der Waals surface area contributed by atoms with Gasteiger partial charge in [-0.15, -0.1) is 0 Å². The summed E-state index contributed by atoms with van der Waals surface area (Å²) in [5.74, 6) is -0.738. The number of halogens is 1. The maximum absolute atomic E-state index is 12.7. The number of unbranched alkanes of at least 4 members (excludes halogenated alkanes) is 3. The maximum atomic E-state index is 12.7. The summed E-state index contributed by atoms with van der Waals surface area (Å²) >= 11 is 0. The molecule has 0 aromatic heterocycles. The van der Waals surface area contributed by atoms with E-state index >= 15 is 0 Å². The van der Waals surface area contributed by atoms with Crippen molar-refractivity contribution in [2.75, 3.05) is 13.2 Å². The Hall–Kier alpha value is -2.50. The third-order valence-electron chi connectivity index (χ3n) is 3.41. The molecular formula is C17H19FN2O3. The van der Waals surface area contributed by atoms with E-state index in [-0.39, 0.29) is 17.6 Å². The molecule has 0 aliphatic carbocycles. The number of hydrogen-bond acceptors (Lipinski definition) is 4. The minimum atomic E-state index is -0.281. The Morgan fingerprint density at radius 1 is 1.00 bits per heavy atom. The van der Waals surface area contributed by atoms with Crippen molar-refractivity contribution < 1.29 is 18.8 Å². The normalized spacial score (nSPS) is 14.2. The molecule has 1 aromatic carbocycles. The zero-order valence-corrected chi connectivity index (χ0v) is 12.8. The van der Waals surface area contributed by atoms with Gasteiger partial charge in [0, 0.05) is 18.7 Å². The molecule has 2 amide bonds. The van der Waals surface area contributed by atoms with Crippen molar-refractivity contribution in [2.45, 2.75) is 25.7 Å². The van der Waals surface area contributed by atoms with E-state index in [2.05, 4.69) is 5.16 Å². The van der Waals surface area contributed by atoms with Crippen LogP contribution >= 0.6 is 0 Å². The van der Waals surface area contributed by atoms with E-state index in [9.17, 15) is 14.0 Å². The van der Waals surface area contributed by atoms with Crippen LogP contribution in [0, 0.1) is 5.82 Å². The molecule has 0 atom stereocenters. The number of hydrogen-bond donors (Lipinski definition) is 0. The molecule has 23 heavy (non-hydrogen) atoms. The second-order valence-corrected chi connectivity index (χ2v) is 5.19. The van der Waals surface area contributed by atoms with E-state index in [1.165, 1.54) is 35.4 Å². The Labute approximate surface area is 134 Å². The zero-order chi connectivity index (χ0) is 16.5. The molecule has 1 aliphatic heterocycles. The second-order valence-electron chi connectivity index (χ2n) is 5.19. The topological polar surface area (TPSA) is 59.0 Å². The highest BCUT2D eigenvalue weighted by atomic mass is 19.1. The standard InChI is InChI=1S/C17H19FN2O3/c18-15-7-5-14(6-8-15)13-19-23-12-4-2-1-3-11-20-16(21)9-10-17(20)22/h5-10,13H,1-4,11-12H2/b19-13+. The summed E-state index contributed by atoms with van der Waals surface area (Å²) in [4.78, 5) is 29.0. The fourth-order valence-corrected chi connectivity index (χ4v) is 2.14. The molecule has 0 bridgehead atoms. The van der Waals surface area contributed by atoms with Gasteiger partial charge in [0.25, 0.3) is 11.8 Å². The second kappa shape index (κ2) is 8.82. The van der Waals surface area contributed by atoms with Gasteiger partial charge in [-0.05, 0) is 37.0 Å². The van der Waals surface area contributed by atoms with Crippen LogP contribution in [0.1, 0.15) is 31.2 Å². The van der Waals surface area contributed by atoms with Gasteiger partial charge in [-0.25, -0.2) is 4.39 Å². The van der Waals surface area contributed by atoms with E-state index in [1.54, 1.807) is 12.1 Å². The quantitative estimate of drug-likeness (QED) is 0.304. The average molecular weight is 318 g/mol. The van der Waals surface area contributed by atoms with Crippen LogP contribution in [-0.2, 0) is 14.4 Å². The Morgan fingerprint density at radius 3 is 2.35 bits per heavy atom. The van der Waals surface area contributed by atoms with Crippen LogP contribution in [0.25, 0.3) is 0 Å². The Bertz CT molecular complexity index is 578. The Morgan fingerprint density at radius 2 is 1.65 bits per heavy atom. The minimum Gasteiger partial charge on any atom is -0.396 e. The van der Waals surface area contributed by atoms with Crippen LogP contribution in [0.15, 0.2) is 41.6 Å². The van der Waals surface area contributed by atoms with Crippen molar-refractivity contribution in [1.82, 2.24) is 4.90 Å². The zero-order valence-electron chi connectivity index (χ0n) is 12.8. The number of imide groups is 1. The van der Waals surface area contributed by atoms with Crippen molar-refractivity contribution in [2.24, 2.45) is 5.16 Å². The fraction of sp³-hybridized carbons (Fsp3) is 0.353. The van der Waals surface area contributed by atoms with Crippen molar-refractivity contribution in [3.8, 4) is 0 Å². The lowest BCUT2D eigenvalue weighted by Gasteiger charge is -2.12. The first-order chi connectivity index (χ1) is 11.2. The first-order valence-corrected chi connectivity index (χ1v) is 7.61. The first kappa shape index (κ1) is 16.9. The summed E-state index contributed by atoms with van der Waals surface area (Å²) in [7, 11) is 0. The molecule has 0 saturated heterocycles. The van der Waals surface area contributed by atoms with Crippen LogP contribution < -0.4 is 0 Å². The van der Waals surface area contributed by atoms with Crippen LogP contribution in [0.4, 0.5) is 4.39 Å². The molecule has 1 aliphatic rings. The van der Waals surface area contributed by atoms with Gasteiger partial charge in [-0.1, -0.05) is 23.7 Å². The van der Waals surface area contributed by atoms with Gasteiger partial charge in [0.05, 0.1) is 6.21 Å². The highest BCUT2D eigenvalue weighted by Gasteiger charge is 2.21. The predicted molar refractivity (Wildman–Crippen MR) is 84.3 cm³/mol. The first-order valence-electron chi connectivity index (χ1n) is 7.61. The van der Waals surface area contributed by atoms with Crippen LogP contribution in [0.3, 0.4) is 0 Å². The van der Waals surface area contributed by atoms with Crippen LogP contribution in [0.5, 0.6) is 0 Å². The van der Waals surface area contributed by atoms with E-state index < -0.39 is 0 Å². The molecular weight excluding hydrogens is 299 g/mol. The number of nitrogens with zero attached hydrogens (tertiary/aromatic N) is 2. The number of carbonyl (C=O) groups is 2. The molecule has 1 aromatic rings. The number of oxime groups is 1. The van der Waals surface area contributed by atoms with Gasteiger partial charge in [-0.2, -0.15) is 0 Å². The van der Waals surface area contributed by atoms with Gasteiger partial charge in [0.1, 0.15) is 12.4 Å². The number of rotatable bonds is 9. The van der Waals surface area contributed by atoms with E-state index in [1.807, 2.05) is 0 Å². The van der Waals surface area contributed by atoms with E-state index in [0.29, 0.717) is 13.2 Å². The molecule has 0 unspecified atom stereocenters. The summed E-state index contributed by atoms with van der Waals surface area (Å²) in [6, 6.07) is 5.98. The molecule has 0 radical (unpaired) electrons. The molecule has 0 fully saturated rings. The van der Waals surface area contributed by atoms with Crippen LogP contribution in [-0.4, -0.2) is 36.1 Å². The molecule has 1 heterocycles. The fourth-order valence-electron chi connectivity index (χ4n) is 2.14. The predicted octanol–water partition coefficient (Wildman–Crippen LogP) is 2.66. The number of amides is 2. The molecule has 6 heteroatoms. The monoisotopic (exact) mass is 318 g/mol. The molecule has 5 nitrogen and oxygen atoms in total. The Kier molecular flexibility index (Phi) is 6.47. The lowest BCUT2D eigenvalue weighted by atomic mass is 10.2. The molecule has 0 saturated carbocycles. The summed E-state index contributed by atoms with van der Waals surface area (Å²) in [5, 5.41) is 3.82. The smallest absolute Gasteiger partial charge is 0.253 e. The van der Waals surface area contributed by atoms with Crippen molar-refractivity contribution >= 4 is 18.0 Å². The van der Waals surface area contributed by atoms with E-state index in [4.69, 9.17) is 4.84 Å². The molecule has 122 valence electrons. The maximum Gasteiger partial charge on any atom is 0.253 e. The van der Waals surface area contributed by atoms with Crippen molar-refractivity contribution in [3.05, 3.63) is 47.8 Å². The third kappa shape index (κ3) is 5.65. The summed E-state index contributed by atoms with van der Waals surface area (Å²) < 4.78 is 12.7. The lowest BCUT2D eigenvalue weighted by Crippen LogP contribution is -2.30. The van der Waals surface area contributed by atoms with Gasteiger partial charge in [0.2, 0.25) is 0 Å². The highest BCUT2D eigenvalue weighted by molar-refractivity contribution is 6.12. The van der Waals surface area contributed by atoms with Crippen molar-refractivity contribution in [1.29, 1.82) is 0 Å². The minimum absolute atomic E-state index is 0.228. The Balaban J connectivity index is 1.49. The molecule has 0 spiro atoms. The SMILES string of the molecule is O=C1C=CC(=O)N1CCCCCCO/N=C/c1ccc(F)cc1. The van der Waals surface area contributed by atoms with Crippen molar-refractivity contribution in [3.63, 3.8) is 0 Å². The number of carbonyl (C=O) groups excluding carboxylic acids is 2. The summed E-state index contributed by atoms with van der Waals surface area (Å²) in [6.07, 6.45) is 7.64. The van der Waals surface area contributed by atoms with Gasteiger partial charge in [0.15, 0.2) is 0 Å². The van der Waals surface area contributed by atoms with Gasteiger partial charge >= 0.3 is 0 Å². The largest absolute Gasteiger partial charge is 0.396 e. The molecule has 0 N–H and O–H groups in total. The van der Waals surface area contributed by atoms with Crippen LogP contribution in [0.2, 0.25) is 0 Å². The summed E-state index contributed by atoms with van der Waals surface area (Å²) in [6.45, 7) is 0.967. The lowest BCUT2D eigenvalue weighted by molar-refractivity contribution is -0.136. The van der Waals surface area contributed by atoms with Gasteiger partial charge < -0.3 is 4.84 Å². The number of benzene rings is 1. The molecule has 2 rings (SSSR count). The third-order valence-corrected chi connectivity index (χ3v) is 3.41. The van der Waals surface area contributed by atoms with E-state index in [0.717, 1.165) is 31.2 Å². The van der Waals surface area contributed by atoms with Gasteiger partial charge in [-0.3, -0.25) is 14.5 Å². The summed E-state index contributed by atoms with van der Waals surface area (Å²) in [5.41, 5.74) is 0.778. The average Bonchev–Trinajstić information content (AvgIpc) is 2.86.